The Morgan fingerprint density at radius 1 is 1.15 bits per heavy atom. The minimum atomic E-state index is -1.06. The molecule has 1 N–H and O–H groups in total. The lowest BCUT2D eigenvalue weighted by Crippen LogP contribution is -2.39. The molecule has 0 saturated carbocycles. The van der Waals surface area contributed by atoms with Gasteiger partial charge < -0.3 is 9.84 Å². The molecule has 0 rings (SSSR count). The number of aliphatic hydroxyl groups excluding tert-OH is 1. The van der Waals surface area contributed by atoms with E-state index in [-0.39, 0.29) is 0 Å². The Bertz CT molecular complexity index is 183. The molecule has 3 heteroatoms. The topological polar surface area (TPSA) is 46.5 Å². The van der Waals surface area contributed by atoms with Gasteiger partial charge in [0, 0.05) is 0 Å². The molecule has 0 unspecified atom stereocenters. The van der Waals surface area contributed by atoms with Crippen LogP contribution >= 0.6 is 0 Å². The van der Waals surface area contributed by atoms with E-state index in [1.807, 2.05) is 0 Å². The van der Waals surface area contributed by atoms with Crippen LogP contribution in [0.5, 0.6) is 0 Å². The first-order valence-corrected chi connectivity index (χ1v) is 4.45. The highest BCUT2D eigenvalue weighted by Crippen LogP contribution is 2.21. The molecular weight excluding hydrogens is 168 g/mol. The van der Waals surface area contributed by atoms with Crippen molar-refractivity contribution >= 4 is 5.97 Å². The van der Waals surface area contributed by atoms with Crippen molar-refractivity contribution in [2.75, 3.05) is 0 Å². The molecule has 0 aromatic carbocycles. The van der Waals surface area contributed by atoms with Crippen LogP contribution in [0.25, 0.3) is 0 Å². The molecule has 0 aliphatic heterocycles. The van der Waals surface area contributed by atoms with Crippen LogP contribution in [0.2, 0.25) is 0 Å². The van der Waals surface area contributed by atoms with E-state index < -0.39 is 23.1 Å². The first-order valence-electron chi connectivity index (χ1n) is 4.45. The fourth-order valence-corrected chi connectivity index (χ4v) is 0.711. The summed E-state index contributed by atoms with van der Waals surface area (Å²) in [5, 5.41) is 9.54. The Hall–Kier alpha value is -0.570. The van der Waals surface area contributed by atoms with E-state index in [1.165, 1.54) is 0 Å². The summed E-state index contributed by atoms with van der Waals surface area (Å²) in [6.07, 6.45) is -1.06. The third kappa shape index (κ3) is 4.88. The lowest BCUT2D eigenvalue weighted by molar-refractivity contribution is -0.170. The summed E-state index contributed by atoms with van der Waals surface area (Å²) in [5.74, 6) is -0.556. The summed E-state index contributed by atoms with van der Waals surface area (Å²) in [6, 6.07) is 0. The van der Waals surface area contributed by atoms with Crippen molar-refractivity contribution in [3.05, 3.63) is 0 Å². The second-order valence-corrected chi connectivity index (χ2v) is 5.30. The third-order valence-corrected chi connectivity index (χ3v) is 1.45. The van der Waals surface area contributed by atoms with Crippen molar-refractivity contribution in [3.8, 4) is 0 Å². The zero-order valence-electron chi connectivity index (χ0n) is 9.34. The lowest BCUT2D eigenvalue weighted by Gasteiger charge is -2.28. The maximum atomic E-state index is 11.3. The first-order chi connectivity index (χ1) is 5.54. The van der Waals surface area contributed by atoms with Crippen LogP contribution in [0, 0.1) is 5.41 Å². The molecule has 0 spiro atoms. The van der Waals surface area contributed by atoms with Gasteiger partial charge in [0.25, 0.3) is 0 Å². The van der Waals surface area contributed by atoms with Gasteiger partial charge in [-0.2, -0.15) is 0 Å². The predicted octanol–water partition coefficient (Wildman–Crippen LogP) is 1.74. The van der Waals surface area contributed by atoms with E-state index in [1.54, 1.807) is 41.5 Å². The molecule has 78 valence electrons. The smallest absolute Gasteiger partial charge is 0.336 e. The van der Waals surface area contributed by atoms with Crippen LogP contribution in [0.3, 0.4) is 0 Å². The monoisotopic (exact) mass is 188 g/mol. The molecule has 0 aromatic heterocycles. The molecule has 1 atom stereocenters. The van der Waals surface area contributed by atoms with Crippen molar-refractivity contribution in [2.45, 2.75) is 53.2 Å². The predicted molar refractivity (Wildman–Crippen MR) is 51.3 cm³/mol. The Morgan fingerprint density at radius 3 is 1.77 bits per heavy atom. The molecule has 0 aliphatic rings. The van der Waals surface area contributed by atoms with E-state index in [4.69, 9.17) is 4.74 Å². The minimum Gasteiger partial charge on any atom is -0.458 e. The van der Waals surface area contributed by atoms with Crippen LogP contribution in [-0.2, 0) is 9.53 Å². The third-order valence-electron chi connectivity index (χ3n) is 1.45. The maximum Gasteiger partial charge on any atom is 0.336 e. The van der Waals surface area contributed by atoms with Gasteiger partial charge in [-0.05, 0) is 26.2 Å². The van der Waals surface area contributed by atoms with Gasteiger partial charge in [-0.15, -0.1) is 0 Å². The van der Waals surface area contributed by atoms with Gasteiger partial charge >= 0.3 is 5.97 Å². The van der Waals surface area contributed by atoms with Crippen molar-refractivity contribution in [3.63, 3.8) is 0 Å². The quantitative estimate of drug-likeness (QED) is 0.637. The summed E-state index contributed by atoms with van der Waals surface area (Å²) < 4.78 is 5.04. The van der Waals surface area contributed by atoms with Crippen molar-refractivity contribution in [1.29, 1.82) is 0 Å². The summed E-state index contributed by atoms with van der Waals surface area (Å²) in [5.41, 5.74) is -1.01. The van der Waals surface area contributed by atoms with E-state index in [9.17, 15) is 9.90 Å². The molecule has 0 fully saturated rings. The standard InChI is InChI=1S/C10H20O3/c1-9(2,3)7(11)8(12)13-10(4,5)6/h7,11H,1-6H3/t7-/m0/s1. The zero-order valence-corrected chi connectivity index (χ0v) is 9.34. The molecule has 0 amide bonds. The van der Waals surface area contributed by atoms with E-state index >= 15 is 0 Å². The van der Waals surface area contributed by atoms with Crippen molar-refractivity contribution in [2.24, 2.45) is 5.41 Å². The van der Waals surface area contributed by atoms with Gasteiger partial charge in [0.2, 0.25) is 0 Å². The van der Waals surface area contributed by atoms with Gasteiger partial charge in [0.05, 0.1) is 0 Å². The summed E-state index contributed by atoms with van der Waals surface area (Å²) in [6.45, 7) is 10.7. The van der Waals surface area contributed by atoms with Gasteiger partial charge in [-0.25, -0.2) is 4.79 Å². The van der Waals surface area contributed by atoms with Crippen LogP contribution in [0.15, 0.2) is 0 Å². The molecule has 3 nitrogen and oxygen atoms in total. The van der Waals surface area contributed by atoms with Crippen molar-refractivity contribution < 1.29 is 14.6 Å². The Morgan fingerprint density at radius 2 is 1.54 bits per heavy atom. The number of esters is 1. The number of ether oxygens (including phenoxy) is 1. The molecule has 0 bridgehead atoms. The van der Waals surface area contributed by atoms with Crippen LogP contribution in [0.1, 0.15) is 41.5 Å². The molecule has 0 saturated heterocycles. The number of hydrogen-bond donors (Lipinski definition) is 1. The number of carbonyl (C=O) groups excluding carboxylic acids is 1. The highest BCUT2D eigenvalue weighted by Gasteiger charge is 2.32. The average Bonchev–Trinajstić information content (AvgIpc) is 1.79. The SMILES string of the molecule is CC(C)(C)OC(=O)[C@H](O)C(C)(C)C. The molecule has 0 aliphatic carbocycles. The van der Waals surface area contributed by atoms with Gasteiger partial charge in [-0.1, -0.05) is 20.8 Å². The average molecular weight is 188 g/mol. The zero-order chi connectivity index (χ0) is 10.9. The van der Waals surface area contributed by atoms with Crippen molar-refractivity contribution in [1.82, 2.24) is 0 Å². The molecule has 0 heterocycles. The summed E-state index contributed by atoms with van der Waals surface area (Å²) in [7, 11) is 0. The summed E-state index contributed by atoms with van der Waals surface area (Å²) in [4.78, 5) is 11.3. The van der Waals surface area contributed by atoms with E-state index in [0.29, 0.717) is 0 Å². The van der Waals surface area contributed by atoms with Crippen LogP contribution in [-0.4, -0.2) is 22.8 Å². The van der Waals surface area contributed by atoms with E-state index in [2.05, 4.69) is 0 Å². The second-order valence-electron chi connectivity index (χ2n) is 5.30. The van der Waals surface area contributed by atoms with Gasteiger partial charge in [0.15, 0.2) is 6.10 Å². The normalized spacial score (nSPS) is 15.3. The maximum absolute atomic E-state index is 11.3. The molecule has 0 aromatic rings. The fourth-order valence-electron chi connectivity index (χ4n) is 0.711. The lowest BCUT2D eigenvalue weighted by atomic mass is 9.89. The fraction of sp³-hybridized carbons (Fsp3) is 0.900. The molecular formula is C10H20O3. The Balaban J connectivity index is 4.30. The molecule has 0 radical (unpaired) electrons. The number of rotatable bonds is 1. The number of carbonyl (C=O) groups is 1. The van der Waals surface area contributed by atoms with Crippen LogP contribution < -0.4 is 0 Å². The number of hydrogen-bond acceptors (Lipinski definition) is 3. The summed E-state index contributed by atoms with van der Waals surface area (Å²) >= 11 is 0. The second kappa shape index (κ2) is 3.66. The van der Waals surface area contributed by atoms with Crippen LogP contribution in [0.4, 0.5) is 0 Å². The van der Waals surface area contributed by atoms with Gasteiger partial charge in [0.1, 0.15) is 5.60 Å². The first kappa shape index (κ1) is 12.4. The Kier molecular flexibility index (Phi) is 3.50. The Labute approximate surface area is 80.1 Å². The minimum absolute atomic E-state index is 0.470. The molecule has 13 heavy (non-hydrogen) atoms. The highest BCUT2D eigenvalue weighted by atomic mass is 16.6. The highest BCUT2D eigenvalue weighted by molar-refractivity contribution is 5.75. The largest absolute Gasteiger partial charge is 0.458 e. The van der Waals surface area contributed by atoms with E-state index in [0.717, 1.165) is 0 Å². The van der Waals surface area contributed by atoms with Gasteiger partial charge in [-0.3, -0.25) is 0 Å². The number of aliphatic hydroxyl groups is 1.